The van der Waals surface area contributed by atoms with Crippen LogP contribution in [-0.4, -0.2) is 29.3 Å². The van der Waals surface area contributed by atoms with E-state index in [-0.39, 0.29) is 5.78 Å². The zero-order chi connectivity index (χ0) is 15.2. The van der Waals surface area contributed by atoms with Crippen LogP contribution in [0.2, 0.25) is 0 Å². The van der Waals surface area contributed by atoms with Crippen molar-refractivity contribution in [2.24, 2.45) is 0 Å². The molecule has 0 N–H and O–H groups in total. The predicted molar refractivity (Wildman–Crippen MR) is 85.4 cm³/mol. The number of ketones is 1. The number of aryl methyl sites for hydroxylation is 2. The molecule has 0 saturated heterocycles. The molecule has 0 spiro atoms. The second kappa shape index (κ2) is 7.14. The summed E-state index contributed by atoms with van der Waals surface area (Å²) in [5, 5.41) is 0. The highest BCUT2D eigenvalue weighted by Gasteiger charge is 2.09. The van der Waals surface area contributed by atoms with Crippen molar-refractivity contribution in [1.29, 1.82) is 0 Å². The Bertz CT molecular complexity index is 588. The highest BCUT2D eigenvalue weighted by atomic mass is 16.1. The van der Waals surface area contributed by atoms with E-state index in [2.05, 4.69) is 16.0 Å². The summed E-state index contributed by atoms with van der Waals surface area (Å²) in [6, 6.07) is 11.9. The smallest absolute Gasteiger partial charge is 0.164 e. The summed E-state index contributed by atoms with van der Waals surface area (Å²) in [5.41, 5.74) is 4.12. The fourth-order valence-electron chi connectivity index (χ4n) is 2.42. The second-order valence-corrected chi connectivity index (χ2v) is 5.61. The summed E-state index contributed by atoms with van der Waals surface area (Å²) in [5.74, 6) is 0.203. The normalized spacial score (nSPS) is 10.9. The van der Waals surface area contributed by atoms with Gasteiger partial charge in [0.25, 0.3) is 0 Å². The van der Waals surface area contributed by atoms with Crippen LogP contribution in [0.3, 0.4) is 0 Å². The zero-order valence-electron chi connectivity index (χ0n) is 13.0. The standard InChI is InChI=1S/C18H22N2O/c1-14-10-15(2)12-16(11-14)18(21)7-9-20(3)13-17-6-4-5-8-19-17/h4-6,8,10-12H,7,9,13H2,1-3H3. The number of aromatic nitrogens is 1. The van der Waals surface area contributed by atoms with Crippen LogP contribution in [0.15, 0.2) is 42.6 Å². The Hall–Kier alpha value is -2.00. The fourth-order valence-corrected chi connectivity index (χ4v) is 2.42. The lowest BCUT2D eigenvalue weighted by atomic mass is 10.0. The molecule has 0 bridgehead atoms. The minimum Gasteiger partial charge on any atom is -0.300 e. The fraction of sp³-hybridized carbons (Fsp3) is 0.333. The maximum absolute atomic E-state index is 12.3. The first-order chi connectivity index (χ1) is 10.0. The molecule has 0 fully saturated rings. The summed E-state index contributed by atoms with van der Waals surface area (Å²) >= 11 is 0. The molecule has 3 heteroatoms. The first-order valence-electron chi connectivity index (χ1n) is 7.24. The number of hydrogen-bond donors (Lipinski definition) is 0. The Morgan fingerprint density at radius 1 is 1.14 bits per heavy atom. The molecule has 0 aliphatic carbocycles. The molecule has 0 amide bonds. The molecule has 3 nitrogen and oxygen atoms in total. The third-order valence-electron chi connectivity index (χ3n) is 3.42. The van der Waals surface area contributed by atoms with Gasteiger partial charge in [0.1, 0.15) is 0 Å². The van der Waals surface area contributed by atoms with Crippen molar-refractivity contribution >= 4 is 5.78 Å². The van der Waals surface area contributed by atoms with E-state index < -0.39 is 0 Å². The van der Waals surface area contributed by atoms with Gasteiger partial charge in [-0.05, 0) is 45.2 Å². The molecule has 110 valence electrons. The van der Waals surface area contributed by atoms with Gasteiger partial charge < -0.3 is 4.90 Å². The van der Waals surface area contributed by atoms with Crippen LogP contribution in [0.4, 0.5) is 0 Å². The molecule has 0 atom stereocenters. The molecular formula is C18H22N2O. The lowest BCUT2D eigenvalue weighted by Crippen LogP contribution is -2.22. The molecular weight excluding hydrogens is 260 g/mol. The van der Waals surface area contributed by atoms with Crippen molar-refractivity contribution < 1.29 is 4.79 Å². The molecule has 2 rings (SSSR count). The quantitative estimate of drug-likeness (QED) is 0.761. The van der Waals surface area contributed by atoms with Crippen LogP contribution in [0.5, 0.6) is 0 Å². The van der Waals surface area contributed by atoms with E-state index in [1.54, 1.807) is 6.20 Å². The number of Topliss-reactive ketones (excluding diaryl/α,β-unsaturated/α-hetero) is 1. The third kappa shape index (κ3) is 4.80. The van der Waals surface area contributed by atoms with E-state index >= 15 is 0 Å². The highest BCUT2D eigenvalue weighted by Crippen LogP contribution is 2.11. The van der Waals surface area contributed by atoms with Crippen LogP contribution in [-0.2, 0) is 6.54 Å². The minimum absolute atomic E-state index is 0.203. The first kappa shape index (κ1) is 15.4. The van der Waals surface area contributed by atoms with E-state index in [4.69, 9.17) is 0 Å². The number of carbonyl (C=O) groups is 1. The van der Waals surface area contributed by atoms with Crippen molar-refractivity contribution in [3.8, 4) is 0 Å². The van der Waals surface area contributed by atoms with Crippen molar-refractivity contribution in [3.63, 3.8) is 0 Å². The van der Waals surface area contributed by atoms with Crippen LogP contribution >= 0.6 is 0 Å². The lowest BCUT2D eigenvalue weighted by Gasteiger charge is -2.15. The molecule has 21 heavy (non-hydrogen) atoms. The molecule has 2 aromatic rings. The van der Waals surface area contributed by atoms with Gasteiger partial charge in [-0.25, -0.2) is 0 Å². The van der Waals surface area contributed by atoms with E-state index in [1.165, 1.54) is 0 Å². The van der Waals surface area contributed by atoms with Crippen LogP contribution in [0, 0.1) is 13.8 Å². The lowest BCUT2D eigenvalue weighted by molar-refractivity contribution is 0.0967. The van der Waals surface area contributed by atoms with Gasteiger partial charge in [0.15, 0.2) is 5.78 Å². The maximum Gasteiger partial charge on any atom is 0.164 e. The summed E-state index contributed by atoms with van der Waals surface area (Å²) in [4.78, 5) is 18.7. The Morgan fingerprint density at radius 3 is 2.48 bits per heavy atom. The molecule has 0 aliphatic rings. The topological polar surface area (TPSA) is 33.2 Å². The third-order valence-corrected chi connectivity index (χ3v) is 3.42. The monoisotopic (exact) mass is 282 g/mol. The zero-order valence-corrected chi connectivity index (χ0v) is 13.0. The maximum atomic E-state index is 12.3. The second-order valence-electron chi connectivity index (χ2n) is 5.61. The van der Waals surface area contributed by atoms with Gasteiger partial charge in [-0.2, -0.15) is 0 Å². The number of rotatable bonds is 6. The first-order valence-corrected chi connectivity index (χ1v) is 7.24. The molecule has 0 saturated carbocycles. The van der Waals surface area contributed by atoms with E-state index in [1.807, 2.05) is 51.2 Å². The van der Waals surface area contributed by atoms with Gasteiger partial charge in [-0.15, -0.1) is 0 Å². The van der Waals surface area contributed by atoms with Gasteiger partial charge in [-0.1, -0.05) is 23.3 Å². The van der Waals surface area contributed by atoms with E-state index in [0.717, 1.165) is 35.5 Å². The average Bonchev–Trinajstić information content (AvgIpc) is 2.45. The number of benzene rings is 1. The van der Waals surface area contributed by atoms with Gasteiger partial charge >= 0.3 is 0 Å². The largest absolute Gasteiger partial charge is 0.300 e. The molecule has 0 unspecified atom stereocenters. The Labute approximate surface area is 126 Å². The summed E-state index contributed by atoms with van der Waals surface area (Å²) in [6.45, 7) is 5.55. The number of hydrogen-bond acceptors (Lipinski definition) is 3. The van der Waals surface area contributed by atoms with Crippen LogP contribution in [0.1, 0.15) is 33.6 Å². The number of carbonyl (C=O) groups excluding carboxylic acids is 1. The molecule has 0 radical (unpaired) electrons. The molecule has 1 heterocycles. The summed E-state index contributed by atoms with van der Waals surface area (Å²) < 4.78 is 0. The van der Waals surface area contributed by atoms with Gasteiger partial charge in [0, 0.05) is 31.3 Å². The molecule has 0 aliphatic heterocycles. The van der Waals surface area contributed by atoms with Crippen molar-refractivity contribution in [2.75, 3.05) is 13.6 Å². The Morgan fingerprint density at radius 2 is 1.86 bits per heavy atom. The van der Waals surface area contributed by atoms with Crippen molar-refractivity contribution in [3.05, 3.63) is 65.0 Å². The SMILES string of the molecule is Cc1cc(C)cc(C(=O)CCN(C)Cc2ccccn2)c1. The minimum atomic E-state index is 0.203. The van der Waals surface area contributed by atoms with Crippen LogP contribution < -0.4 is 0 Å². The number of pyridine rings is 1. The molecule has 1 aromatic heterocycles. The van der Waals surface area contributed by atoms with Crippen molar-refractivity contribution in [1.82, 2.24) is 9.88 Å². The van der Waals surface area contributed by atoms with Gasteiger partial charge in [-0.3, -0.25) is 9.78 Å². The highest BCUT2D eigenvalue weighted by molar-refractivity contribution is 5.96. The average molecular weight is 282 g/mol. The Balaban J connectivity index is 1.88. The van der Waals surface area contributed by atoms with E-state index in [0.29, 0.717) is 6.42 Å². The van der Waals surface area contributed by atoms with Gasteiger partial charge in [0.2, 0.25) is 0 Å². The molecule has 1 aromatic carbocycles. The Kier molecular flexibility index (Phi) is 5.23. The number of nitrogens with zero attached hydrogens (tertiary/aromatic N) is 2. The van der Waals surface area contributed by atoms with E-state index in [9.17, 15) is 4.79 Å². The van der Waals surface area contributed by atoms with Crippen molar-refractivity contribution in [2.45, 2.75) is 26.8 Å². The van der Waals surface area contributed by atoms with Gasteiger partial charge in [0.05, 0.1) is 5.69 Å². The van der Waals surface area contributed by atoms with Crippen LogP contribution in [0.25, 0.3) is 0 Å². The summed E-state index contributed by atoms with van der Waals surface area (Å²) in [6.07, 6.45) is 2.33. The predicted octanol–water partition coefficient (Wildman–Crippen LogP) is 3.40. The summed E-state index contributed by atoms with van der Waals surface area (Å²) in [7, 11) is 2.02.